The van der Waals surface area contributed by atoms with Crippen LogP contribution in [-0.4, -0.2) is 30.3 Å². The van der Waals surface area contributed by atoms with Crippen molar-refractivity contribution in [3.63, 3.8) is 0 Å². The van der Waals surface area contributed by atoms with Crippen LogP contribution in [-0.2, 0) is 7.05 Å². The molecule has 4 aromatic heterocycles. The molecule has 0 saturated heterocycles. The van der Waals surface area contributed by atoms with E-state index in [9.17, 15) is 9.59 Å². The van der Waals surface area contributed by atoms with Gasteiger partial charge in [0.1, 0.15) is 16.9 Å². The Kier molecular flexibility index (Phi) is 6.21. The Bertz CT molecular complexity index is 2030. The van der Waals surface area contributed by atoms with Gasteiger partial charge in [-0.25, -0.2) is 9.50 Å². The number of aromatic nitrogens is 5. The zero-order valence-corrected chi connectivity index (χ0v) is 22.0. The zero-order valence-electron chi connectivity index (χ0n) is 22.0. The van der Waals surface area contributed by atoms with Crippen LogP contribution in [0.2, 0.25) is 0 Å². The molecule has 2 aromatic carbocycles. The fraction of sp³-hybridized carbons (Fsp3) is 0.129. The van der Waals surface area contributed by atoms with Crippen molar-refractivity contribution in [2.45, 2.75) is 19.9 Å². The molecule has 0 spiro atoms. The quantitative estimate of drug-likeness (QED) is 0.339. The van der Waals surface area contributed by atoms with Gasteiger partial charge in [0.15, 0.2) is 5.65 Å². The molecule has 40 heavy (non-hydrogen) atoms. The van der Waals surface area contributed by atoms with E-state index in [4.69, 9.17) is 4.42 Å². The molecule has 1 N–H and O–H groups in total. The summed E-state index contributed by atoms with van der Waals surface area (Å²) in [7, 11) is 1.82. The van der Waals surface area contributed by atoms with Crippen LogP contribution in [0.5, 0.6) is 0 Å². The van der Waals surface area contributed by atoms with Crippen LogP contribution in [0, 0.1) is 18.8 Å². The van der Waals surface area contributed by atoms with Gasteiger partial charge >= 0.3 is 0 Å². The van der Waals surface area contributed by atoms with E-state index in [1.54, 1.807) is 72.1 Å². The van der Waals surface area contributed by atoms with Gasteiger partial charge in [-0.1, -0.05) is 48.2 Å². The number of rotatable bonds is 4. The highest BCUT2D eigenvalue weighted by atomic mass is 16.3. The zero-order chi connectivity index (χ0) is 27.8. The number of nitrogens with one attached hydrogen (secondary N) is 1. The molecule has 9 nitrogen and oxygen atoms in total. The summed E-state index contributed by atoms with van der Waals surface area (Å²) in [6, 6.07) is 15.7. The second-order valence-corrected chi connectivity index (χ2v) is 9.41. The van der Waals surface area contributed by atoms with E-state index in [2.05, 4.69) is 32.3 Å². The largest absolute Gasteiger partial charge is 0.458 e. The monoisotopic (exact) mass is 528 g/mol. The van der Waals surface area contributed by atoms with E-state index in [-0.39, 0.29) is 11.3 Å². The molecule has 0 unspecified atom stereocenters. The van der Waals surface area contributed by atoms with Crippen molar-refractivity contribution in [3.8, 4) is 23.0 Å². The first kappa shape index (κ1) is 24.8. The van der Waals surface area contributed by atoms with Crippen molar-refractivity contribution < 1.29 is 9.21 Å². The first-order chi connectivity index (χ1) is 19.4. The maximum absolute atomic E-state index is 14.2. The molecule has 1 amide bonds. The Morgan fingerprint density at radius 3 is 2.67 bits per heavy atom. The highest BCUT2D eigenvalue weighted by Crippen LogP contribution is 2.30. The SMILES string of the molecule is Cc1nn2cccnc2c1C(=O)N[C@@H](C)c1oc2cccc(C#Cc3cnn(C)c3)c2c(=O)c1-c1ccccc1. The van der Waals surface area contributed by atoms with Gasteiger partial charge in [-0.3, -0.25) is 14.3 Å². The number of amides is 1. The van der Waals surface area contributed by atoms with E-state index in [1.807, 2.05) is 37.4 Å². The van der Waals surface area contributed by atoms with Crippen molar-refractivity contribution in [2.75, 3.05) is 0 Å². The number of benzene rings is 2. The maximum atomic E-state index is 14.2. The maximum Gasteiger partial charge on any atom is 0.257 e. The molecule has 0 saturated carbocycles. The molecule has 6 rings (SSSR count). The minimum atomic E-state index is -0.650. The predicted molar refractivity (Wildman–Crippen MR) is 151 cm³/mol. The van der Waals surface area contributed by atoms with Crippen LogP contribution in [0.4, 0.5) is 0 Å². The molecule has 9 heteroatoms. The highest BCUT2D eigenvalue weighted by Gasteiger charge is 2.26. The molecule has 0 aliphatic carbocycles. The molecular formula is C31H24N6O3. The van der Waals surface area contributed by atoms with Crippen molar-refractivity contribution in [1.29, 1.82) is 0 Å². The lowest BCUT2D eigenvalue weighted by Gasteiger charge is -2.18. The molecule has 0 radical (unpaired) electrons. The normalized spacial score (nSPS) is 11.8. The summed E-state index contributed by atoms with van der Waals surface area (Å²) >= 11 is 0. The Hall–Kier alpha value is -5.49. The van der Waals surface area contributed by atoms with Gasteiger partial charge in [0.05, 0.1) is 34.4 Å². The summed E-state index contributed by atoms with van der Waals surface area (Å²) in [5.74, 6) is 6.16. The number of hydrogen-bond donors (Lipinski definition) is 1. The van der Waals surface area contributed by atoms with Crippen LogP contribution in [0.1, 0.15) is 45.9 Å². The summed E-state index contributed by atoms with van der Waals surface area (Å²) in [5, 5.41) is 11.9. The fourth-order valence-electron chi connectivity index (χ4n) is 4.77. The van der Waals surface area contributed by atoms with Crippen molar-refractivity contribution in [3.05, 3.63) is 118 Å². The number of nitrogens with zero attached hydrogens (tertiary/aromatic N) is 5. The Labute approximate surface area is 229 Å². The van der Waals surface area contributed by atoms with Gasteiger partial charge in [0.25, 0.3) is 5.91 Å². The molecule has 0 aliphatic rings. The molecule has 1 atom stereocenters. The van der Waals surface area contributed by atoms with Gasteiger partial charge < -0.3 is 9.73 Å². The van der Waals surface area contributed by atoms with E-state index in [0.29, 0.717) is 50.3 Å². The summed E-state index contributed by atoms with van der Waals surface area (Å²) < 4.78 is 9.62. The first-order valence-corrected chi connectivity index (χ1v) is 12.7. The average Bonchev–Trinajstić information content (AvgIpc) is 3.53. The number of hydrogen-bond acceptors (Lipinski definition) is 6. The molecule has 4 heterocycles. The van der Waals surface area contributed by atoms with Crippen molar-refractivity contribution in [1.82, 2.24) is 29.7 Å². The van der Waals surface area contributed by atoms with E-state index in [0.717, 1.165) is 5.56 Å². The van der Waals surface area contributed by atoms with Gasteiger partial charge in [0.2, 0.25) is 5.43 Å². The fourth-order valence-corrected chi connectivity index (χ4v) is 4.77. The Balaban J connectivity index is 1.48. The van der Waals surface area contributed by atoms with Gasteiger partial charge in [-0.2, -0.15) is 10.2 Å². The summed E-state index contributed by atoms with van der Waals surface area (Å²) in [5.41, 5.74) is 3.84. The number of carbonyl (C=O) groups is 1. The summed E-state index contributed by atoms with van der Waals surface area (Å²) in [6.45, 7) is 3.54. The molecule has 0 bridgehead atoms. The lowest BCUT2D eigenvalue weighted by atomic mass is 9.97. The minimum Gasteiger partial charge on any atom is -0.458 e. The number of aryl methyl sites for hydroxylation is 2. The standard InChI is InChI=1S/C31H24N6O3/c1-19-25(30-32-15-8-16-37(30)35-19)31(39)34-20(2)29-27(22-9-5-4-6-10-22)28(38)26-23(11-7-12-24(26)40-29)14-13-21-17-33-36(3)18-21/h4-12,15-18,20H,1-3H3,(H,34,39)/t20-/m0/s1. The molecule has 0 aliphatic heterocycles. The second-order valence-electron chi connectivity index (χ2n) is 9.41. The summed E-state index contributed by atoms with van der Waals surface area (Å²) in [4.78, 5) is 31.9. The smallest absolute Gasteiger partial charge is 0.257 e. The van der Waals surface area contributed by atoms with E-state index >= 15 is 0 Å². The van der Waals surface area contributed by atoms with Crippen LogP contribution >= 0.6 is 0 Å². The minimum absolute atomic E-state index is 0.228. The van der Waals surface area contributed by atoms with Crippen LogP contribution in [0.3, 0.4) is 0 Å². The highest BCUT2D eigenvalue weighted by molar-refractivity contribution is 6.01. The lowest BCUT2D eigenvalue weighted by Crippen LogP contribution is -2.28. The molecule has 0 fully saturated rings. The summed E-state index contributed by atoms with van der Waals surface area (Å²) in [6.07, 6.45) is 6.82. The van der Waals surface area contributed by atoms with Gasteiger partial charge in [0, 0.05) is 31.2 Å². The van der Waals surface area contributed by atoms with Crippen LogP contribution < -0.4 is 10.7 Å². The van der Waals surface area contributed by atoms with E-state index < -0.39 is 6.04 Å². The van der Waals surface area contributed by atoms with Gasteiger partial charge in [-0.05, 0) is 37.6 Å². The molecular weight excluding hydrogens is 504 g/mol. The van der Waals surface area contributed by atoms with Crippen LogP contribution in [0.25, 0.3) is 27.7 Å². The number of carbonyl (C=O) groups excluding carboxylic acids is 1. The van der Waals surface area contributed by atoms with E-state index in [1.165, 1.54) is 0 Å². The average molecular weight is 529 g/mol. The number of fused-ring (bicyclic) bond motifs is 2. The molecule has 6 aromatic rings. The third-order valence-electron chi connectivity index (χ3n) is 6.59. The topological polar surface area (TPSA) is 107 Å². The third-order valence-corrected chi connectivity index (χ3v) is 6.59. The second kappa shape index (κ2) is 10.0. The Morgan fingerprint density at radius 2 is 1.90 bits per heavy atom. The first-order valence-electron chi connectivity index (χ1n) is 12.7. The van der Waals surface area contributed by atoms with Gasteiger partial charge in [-0.15, -0.1) is 0 Å². The molecule has 196 valence electrons. The lowest BCUT2D eigenvalue weighted by molar-refractivity contribution is 0.0936. The van der Waals surface area contributed by atoms with Crippen LogP contribution in [0.15, 0.2) is 88.6 Å². The van der Waals surface area contributed by atoms with Crippen molar-refractivity contribution in [2.24, 2.45) is 7.05 Å². The predicted octanol–water partition coefficient (Wildman–Crippen LogP) is 4.44. The third kappa shape index (κ3) is 4.41. The van der Waals surface area contributed by atoms with Crippen molar-refractivity contribution >= 4 is 22.5 Å². The Morgan fingerprint density at radius 1 is 1.07 bits per heavy atom.